The monoisotopic (exact) mass is 232 g/mol. The first kappa shape index (κ1) is 12.1. The minimum absolute atomic E-state index is 0.300. The Hall–Kier alpha value is -1.35. The summed E-state index contributed by atoms with van der Waals surface area (Å²) in [6, 6.07) is 7.98. The van der Waals surface area contributed by atoms with Gasteiger partial charge in [0.2, 0.25) is 0 Å². The maximum absolute atomic E-state index is 9.56. The molecule has 1 fully saturated rings. The molecule has 1 saturated heterocycles. The molecular weight excluding hydrogens is 212 g/mol. The summed E-state index contributed by atoms with van der Waals surface area (Å²) < 4.78 is 0. The highest BCUT2D eigenvalue weighted by Crippen LogP contribution is 2.17. The Labute approximate surface area is 103 Å². The molecule has 0 saturated carbocycles. The third kappa shape index (κ3) is 3.30. The van der Waals surface area contributed by atoms with Crippen LogP contribution in [0, 0.1) is 0 Å². The van der Waals surface area contributed by atoms with Crippen molar-refractivity contribution in [1.82, 2.24) is 4.90 Å². The molecule has 0 bridgehead atoms. The average Bonchev–Trinajstić information content (AvgIpc) is 2.73. The number of rotatable bonds is 4. The Bertz CT molecular complexity index is 390. The van der Waals surface area contributed by atoms with Gasteiger partial charge in [0.15, 0.2) is 0 Å². The maximum atomic E-state index is 9.56. The summed E-state index contributed by atoms with van der Waals surface area (Å²) in [5.74, 6) is 0.300. The Balaban J connectivity index is 1.80. The first-order chi connectivity index (χ1) is 8.27. The Morgan fingerprint density at radius 1 is 1.47 bits per heavy atom. The molecule has 1 aliphatic rings. The van der Waals surface area contributed by atoms with E-state index in [0.29, 0.717) is 11.8 Å². The van der Waals surface area contributed by atoms with Crippen LogP contribution in [0.25, 0.3) is 0 Å². The lowest BCUT2D eigenvalue weighted by molar-refractivity contribution is 0.300. The molecule has 0 spiro atoms. The number of benzene rings is 1. The largest absolute Gasteiger partial charge is 0.507 e. The van der Waals surface area contributed by atoms with Gasteiger partial charge in [-0.15, -0.1) is 0 Å². The van der Waals surface area contributed by atoms with Crippen molar-refractivity contribution < 1.29 is 5.11 Å². The highest BCUT2D eigenvalue weighted by Gasteiger charge is 2.19. The second kappa shape index (κ2) is 5.82. The molecule has 1 aliphatic heterocycles. The van der Waals surface area contributed by atoms with E-state index in [1.807, 2.05) is 18.2 Å². The predicted molar refractivity (Wildman–Crippen MR) is 70.8 cm³/mol. The predicted octanol–water partition coefficient (Wildman–Crippen LogP) is 2.30. The molecule has 3 nitrogen and oxygen atoms in total. The molecule has 1 atom stereocenters. The van der Waals surface area contributed by atoms with Gasteiger partial charge in [-0.2, -0.15) is 0 Å². The van der Waals surface area contributed by atoms with E-state index in [4.69, 9.17) is 0 Å². The van der Waals surface area contributed by atoms with Crippen LogP contribution in [0.3, 0.4) is 0 Å². The minimum Gasteiger partial charge on any atom is -0.507 e. The number of para-hydroxylation sites is 1. The van der Waals surface area contributed by atoms with Gasteiger partial charge in [0.1, 0.15) is 5.75 Å². The SMILES string of the molecule is CN1CCC[C@@H]1CCN=Cc1ccccc1O. The third-order valence-corrected chi connectivity index (χ3v) is 3.43. The number of nitrogens with zero attached hydrogens (tertiary/aromatic N) is 2. The molecule has 0 unspecified atom stereocenters. The Morgan fingerprint density at radius 3 is 3.00 bits per heavy atom. The second-order valence-corrected chi connectivity index (χ2v) is 4.66. The summed E-state index contributed by atoms with van der Waals surface area (Å²) in [6.45, 7) is 2.05. The molecule has 92 valence electrons. The normalized spacial score (nSPS) is 21.4. The molecule has 1 heterocycles. The molecule has 0 amide bonds. The van der Waals surface area contributed by atoms with E-state index in [-0.39, 0.29) is 0 Å². The number of aromatic hydroxyl groups is 1. The van der Waals surface area contributed by atoms with Gasteiger partial charge in [-0.25, -0.2) is 0 Å². The van der Waals surface area contributed by atoms with E-state index in [9.17, 15) is 5.11 Å². The van der Waals surface area contributed by atoms with Crippen LogP contribution < -0.4 is 0 Å². The third-order valence-electron chi connectivity index (χ3n) is 3.43. The smallest absolute Gasteiger partial charge is 0.124 e. The zero-order valence-electron chi connectivity index (χ0n) is 10.3. The molecule has 1 aromatic carbocycles. The fourth-order valence-corrected chi connectivity index (χ4v) is 2.33. The molecule has 0 aromatic heterocycles. The van der Waals surface area contributed by atoms with Crippen molar-refractivity contribution in [2.75, 3.05) is 20.1 Å². The number of hydrogen-bond acceptors (Lipinski definition) is 3. The average molecular weight is 232 g/mol. The van der Waals surface area contributed by atoms with Crippen molar-refractivity contribution in [1.29, 1.82) is 0 Å². The summed E-state index contributed by atoms with van der Waals surface area (Å²) in [5.41, 5.74) is 0.798. The number of hydrogen-bond donors (Lipinski definition) is 1. The van der Waals surface area contributed by atoms with Crippen LogP contribution in [0.5, 0.6) is 5.75 Å². The second-order valence-electron chi connectivity index (χ2n) is 4.66. The van der Waals surface area contributed by atoms with Crippen molar-refractivity contribution in [3.8, 4) is 5.75 Å². The molecule has 17 heavy (non-hydrogen) atoms. The van der Waals surface area contributed by atoms with Crippen LogP contribution in [0.2, 0.25) is 0 Å². The van der Waals surface area contributed by atoms with E-state index in [0.717, 1.165) is 18.5 Å². The van der Waals surface area contributed by atoms with Gasteiger partial charge in [0.05, 0.1) is 0 Å². The van der Waals surface area contributed by atoms with Crippen LogP contribution in [0.15, 0.2) is 29.3 Å². The lowest BCUT2D eigenvalue weighted by Crippen LogP contribution is -2.25. The molecule has 1 aromatic rings. The van der Waals surface area contributed by atoms with Gasteiger partial charge in [-0.05, 0) is 45.0 Å². The Morgan fingerprint density at radius 2 is 2.29 bits per heavy atom. The molecular formula is C14H20N2O. The van der Waals surface area contributed by atoms with Gasteiger partial charge in [-0.1, -0.05) is 12.1 Å². The summed E-state index contributed by atoms with van der Waals surface area (Å²) >= 11 is 0. The summed E-state index contributed by atoms with van der Waals surface area (Å²) in [6.07, 6.45) is 5.48. The zero-order chi connectivity index (χ0) is 12.1. The topological polar surface area (TPSA) is 35.8 Å². The molecule has 3 heteroatoms. The quantitative estimate of drug-likeness (QED) is 0.808. The van der Waals surface area contributed by atoms with E-state index in [2.05, 4.69) is 16.9 Å². The maximum Gasteiger partial charge on any atom is 0.124 e. The van der Waals surface area contributed by atoms with E-state index in [1.165, 1.54) is 19.4 Å². The van der Waals surface area contributed by atoms with Crippen molar-refractivity contribution in [2.45, 2.75) is 25.3 Å². The number of phenolic OH excluding ortho intramolecular Hbond substituents is 1. The highest BCUT2D eigenvalue weighted by atomic mass is 16.3. The van der Waals surface area contributed by atoms with Gasteiger partial charge < -0.3 is 10.0 Å². The highest BCUT2D eigenvalue weighted by molar-refractivity contribution is 5.83. The van der Waals surface area contributed by atoms with Gasteiger partial charge >= 0.3 is 0 Å². The van der Waals surface area contributed by atoms with Crippen LogP contribution in [0.4, 0.5) is 0 Å². The molecule has 0 aliphatic carbocycles. The molecule has 2 rings (SSSR count). The van der Waals surface area contributed by atoms with Crippen LogP contribution in [-0.2, 0) is 0 Å². The molecule has 1 N–H and O–H groups in total. The fraction of sp³-hybridized carbons (Fsp3) is 0.500. The van der Waals surface area contributed by atoms with Gasteiger partial charge in [0.25, 0.3) is 0 Å². The lowest BCUT2D eigenvalue weighted by Gasteiger charge is -2.17. The van der Waals surface area contributed by atoms with Crippen molar-refractivity contribution >= 4 is 6.21 Å². The summed E-state index contributed by atoms with van der Waals surface area (Å²) in [5, 5.41) is 9.56. The standard InChI is InChI=1S/C14H20N2O/c1-16-10-4-6-13(16)8-9-15-11-12-5-2-3-7-14(12)17/h2-3,5,7,11,13,17H,4,6,8-10H2,1H3/t13-/m1/s1. The lowest BCUT2D eigenvalue weighted by atomic mass is 10.1. The van der Waals surface area contributed by atoms with E-state index < -0.39 is 0 Å². The number of aliphatic imine (C=N–C) groups is 1. The van der Waals surface area contributed by atoms with Crippen molar-refractivity contribution in [3.05, 3.63) is 29.8 Å². The first-order valence-electron chi connectivity index (χ1n) is 6.25. The summed E-state index contributed by atoms with van der Waals surface area (Å²) in [4.78, 5) is 6.80. The van der Waals surface area contributed by atoms with Crippen LogP contribution in [0.1, 0.15) is 24.8 Å². The van der Waals surface area contributed by atoms with Crippen LogP contribution in [-0.4, -0.2) is 42.4 Å². The fourth-order valence-electron chi connectivity index (χ4n) is 2.33. The zero-order valence-corrected chi connectivity index (χ0v) is 10.3. The minimum atomic E-state index is 0.300. The first-order valence-corrected chi connectivity index (χ1v) is 6.25. The number of phenols is 1. The van der Waals surface area contributed by atoms with Crippen LogP contribution >= 0.6 is 0 Å². The van der Waals surface area contributed by atoms with E-state index >= 15 is 0 Å². The summed E-state index contributed by atoms with van der Waals surface area (Å²) in [7, 11) is 2.18. The van der Waals surface area contributed by atoms with Gasteiger partial charge in [0, 0.05) is 24.4 Å². The number of likely N-dealkylation sites (tertiary alicyclic amines) is 1. The van der Waals surface area contributed by atoms with Crippen molar-refractivity contribution in [3.63, 3.8) is 0 Å². The Kier molecular flexibility index (Phi) is 4.15. The van der Waals surface area contributed by atoms with Crippen molar-refractivity contribution in [2.24, 2.45) is 4.99 Å². The van der Waals surface area contributed by atoms with E-state index in [1.54, 1.807) is 12.3 Å². The van der Waals surface area contributed by atoms with Gasteiger partial charge in [-0.3, -0.25) is 4.99 Å². The molecule has 0 radical (unpaired) electrons.